The van der Waals surface area contributed by atoms with Crippen molar-refractivity contribution in [2.75, 3.05) is 6.61 Å². The minimum Gasteiger partial charge on any atom is -0.484 e. The Morgan fingerprint density at radius 2 is 1.54 bits per heavy atom. The highest BCUT2D eigenvalue weighted by atomic mass is 35.5. The first kappa shape index (κ1) is 18.0. The molecule has 0 aliphatic heterocycles. The van der Waals surface area contributed by atoms with Crippen molar-refractivity contribution in [2.24, 2.45) is 0 Å². The predicted molar refractivity (Wildman–Crippen MR) is 105 cm³/mol. The van der Waals surface area contributed by atoms with Gasteiger partial charge in [-0.1, -0.05) is 66.2 Å². The number of hydrogen-bond acceptors (Lipinski definition) is 2. The number of carbonyl (C=O) groups excluding carboxylic acids is 1. The number of benzene rings is 3. The zero-order valence-corrected chi connectivity index (χ0v) is 15.2. The van der Waals surface area contributed by atoms with E-state index in [-0.39, 0.29) is 18.6 Å². The summed E-state index contributed by atoms with van der Waals surface area (Å²) in [6.45, 7) is 1.92. The van der Waals surface area contributed by atoms with E-state index < -0.39 is 0 Å². The fourth-order valence-electron chi connectivity index (χ4n) is 2.64. The van der Waals surface area contributed by atoms with Gasteiger partial charge in [0.2, 0.25) is 0 Å². The van der Waals surface area contributed by atoms with Gasteiger partial charge in [0.1, 0.15) is 5.75 Å². The molecule has 3 nitrogen and oxygen atoms in total. The monoisotopic (exact) mass is 365 g/mol. The third kappa shape index (κ3) is 4.87. The second kappa shape index (κ2) is 8.54. The van der Waals surface area contributed by atoms with Crippen molar-refractivity contribution in [3.63, 3.8) is 0 Å². The van der Waals surface area contributed by atoms with Gasteiger partial charge in [-0.25, -0.2) is 0 Å². The van der Waals surface area contributed by atoms with Crippen LogP contribution in [0.1, 0.15) is 18.5 Å². The first-order valence-electron chi connectivity index (χ1n) is 8.45. The summed E-state index contributed by atoms with van der Waals surface area (Å²) in [4.78, 5) is 12.1. The predicted octanol–water partition coefficient (Wildman–Crippen LogP) is 5.26. The van der Waals surface area contributed by atoms with Crippen molar-refractivity contribution in [3.05, 3.63) is 89.4 Å². The van der Waals surface area contributed by atoms with Crippen LogP contribution in [0.4, 0.5) is 0 Å². The maximum Gasteiger partial charge on any atom is 0.258 e. The van der Waals surface area contributed by atoms with Crippen molar-refractivity contribution >= 4 is 17.5 Å². The largest absolute Gasteiger partial charge is 0.484 e. The van der Waals surface area contributed by atoms with E-state index in [4.69, 9.17) is 16.3 Å². The maximum atomic E-state index is 12.1. The molecule has 0 aliphatic rings. The lowest BCUT2D eigenvalue weighted by atomic mass is 10.0. The summed E-state index contributed by atoms with van der Waals surface area (Å²) in [5, 5.41) is 3.58. The molecule has 1 N–H and O–H groups in total. The Labute approximate surface area is 158 Å². The van der Waals surface area contributed by atoms with Crippen LogP contribution in [-0.2, 0) is 4.79 Å². The lowest BCUT2D eigenvalue weighted by Gasteiger charge is -2.15. The van der Waals surface area contributed by atoms with E-state index in [1.54, 1.807) is 24.3 Å². The van der Waals surface area contributed by atoms with Crippen LogP contribution in [0, 0.1) is 0 Å². The van der Waals surface area contributed by atoms with Gasteiger partial charge in [0, 0.05) is 5.02 Å². The van der Waals surface area contributed by atoms with Crippen molar-refractivity contribution in [1.82, 2.24) is 5.32 Å². The van der Waals surface area contributed by atoms with Gasteiger partial charge in [0.15, 0.2) is 6.61 Å². The number of ether oxygens (including phenoxy) is 1. The van der Waals surface area contributed by atoms with Gasteiger partial charge in [-0.05, 0) is 47.9 Å². The van der Waals surface area contributed by atoms with Crippen LogP contribution in [0.5, 0.6) is 5.75 Å². The Hall–Kier alpha value is -2.78. The number of amides is 1. The standard InChI is InChI=1S/C22H20ClNO2/c1-16(24-22(25)15-26-21-13-11-20(23)12-14-21)17-7-9-19(10-8-17)18-5-3-2-4-6-18/h2-14,16H,15H2,1H3,(H,24,25)/t16-/m0/s1. The SMILES string of the molecule is C[C@H](NC(=O)COc1ccc(Cl)cc1)c1ccc(-c2ccccc2)cc1. The van der Waals surface area contributed by atoms with Gasteiger partial charge >= 0.3 is 0 Å². The Morgan fingerprint density at radius 3 is 2.19 bits per heavy atom. The van der Waals surface area contributed by atoms with E-state index in [1.807, 2.05) is 37.3 Å². The zero-order valence-electron chi connectivity index (χ0n) is 14.5. The Balaban J connectivity index is 1.54. The molecule has 4 heteroatoms. The van der Waals surface area contributed by atoms with Crippen LogP contribution in [0.3, 0.4) is 0 Å². The van der Waals surface area contributed by atoms with Crippen molar-refractivity contribution in [1.29, 1.82) is 0 Å². The molecule has 3 aromatic carbocycles. The highest BCUT2D eigenvalue weighted by Crippen LogP contribution is 2.22. The molecule has 0 radical (unpaired) electrons. The summed E-state index contributed by atoms with van der Waals surface area (Å²) in [6, 6.07) is 25.2. The minimum absolute atomic E-state index is 0.0337. The number of nitrogens with one attached hydrogen (secondary N) is 1. The van der Waals surface area contributed by atoms with Gasteiger partial charge in [-0.15, -0.1) is 0 Å². The third-order valence-electron chi connectivity index (χ3n) is 4.08. The second-order valence-corrected chi connectivity index (χ2v) is 6.46. The van der Waals surface area contributed by atoms with Crippen LogP contribution in [-0.4, -0.2) is 12.5 Å². The molecular weight excluding hydrogens is 346 g/mol. The molecule has 0 heterocycles. The van der Waals surface area contributed by atoms with E-state index in [0.29, 0.717) is 10.8 Å². The van der Waals surface area contributed by atoms with Crippen molar-refractivity contribution < 1.29 is 9.53 Å². The van der Waals surface area contributed by atoms with Gasteiger partial charge in [-0.3, -0.25) is 4.79 Å². The normalized spacial score (nSPS) is 11.6. The number of hydrogen-bond donors (Lipinski definition) is 1. The fraction of sp³-hybridized carbons (Fsp3) is 0.136. The molecule has 132 valence electrons. The molecule has 1 amide bonds. The molecule has 0 fully saturated rings. The number of halogens is 1. The molecule has 26 heavy (non-hydrogen) atoms. The van der Waals surface area contributed by atoms with E-state index in [2.05, 4.69) is 29.6 Å². The molecule has 1 atom stereocenters. The number of rotatable bonds is 6. The molecule has 0 unspecified atom stereocenters. The topological polar surface area (TPSA) is 38.3 Å². The first-order valence-corrected chi connectivity index (χ1v) is 8.83. The summed E-state index contributed by atoms with van der Waals surface area (Å²) in [6.07, 6.45) is 0. The average molecular weight is 366 g/mol. The van der Waals surface area contributed by atoms with E-state index in [1.165, 1.54) is 5.56 Å². The van der Waals surface area contributed by atoms with Crippen LogP contribution in [0.25, 0.3) is 11.1 Å². The molecule has 0 bridgehead atoms. The lowest BCUT2D eigenvalue weighted by molar-refractivity contribution is -0.123. The smallest absolute Gasteiger partial charge is 0.258 e. The molecule has 3 aromatic rings. The van der Waals surface area contributed by atoms with Gasteiger partial charge < -0.3 is 10.1 Å². The highest BCUT2D eigenvalue weighted by molar-refractivity contribution is 6.30. The summed E-state index contributed by atoms with van der Waals surface area (Å²) in [5.74, 6) is 0.448. The summed E-state index contributed by atoms with van der Waals surface area (Å²) >= 11 is 5.83. The Morgan fingerprint density at radius 1 is 0.923 bits per heavy atom. The highest BCUT2D eigenvalue weighted by Gasteiger charge is 2.10. The molecule has 0 aromatic heterocycles. The van der Waals surface area contributed by atoms with Crippen LogP contribution in [0.15, 0.2) is 78.9 Å². The van der Waals surface area contributed by atoms with E-state index in [9.17, 15) is 4.79 Å². The number of carbonyl (C=O) groups is 1. The molecule has 0 aliphatic carbocycles. The van der Waals surface area contributed by atoms with E-state index >= 15 is 0 Å². The van der Waals surface area contributed by atoms with Crippen LogP contribution < -0.4 is 10.1 Å². The van der Waals surface area contributed by atoms with Crippen LogP contribution in [0.2, 0.25) is 5.02 Å². The third-order valence-corrected chi connectivity index (χ3v) is 4.33. The van der Waals surface area contributed by atoms with Gasteiger partial charge in [-0.2, -0.15) is 0 Å². The first-order chi connectivity index (χ1) is 12.6. The Kier molecular flexibility index (Phi) is 5.92. The second-order valence-electron chi connectivity index (χ2n) is 6.02. The van der Waals surface area contributed by atoms with Crippen molar-refractivity contribution in [2.45, 2.75) is 13.0 Å². The van der Waals surface area contributed by atoms with Gasteiger partial charge in [0.05, 0.1) is 6.04 Å². The molecule has 0 saturated carbocycles. The summed E-state index contributed by atoms with van der Waals surface area (Å²) in [7, 11) is 0. The average Bonchev–Trinajstić information content (AvgIpc) is 2.68. The lowest BCUT2D eigenvalue weighted by Crippen LogP contribution is -2.31. The zero-order chi connectivity index (χ0) is 18.4. The van der Waals surface area contributed by atoms with Crippen LogP contribution >= 0.6 is 11.6 Å². The maximum absolute atomic E-state index is 12.1. The quantitative estimate of drug-likeness (QED) is 0.646. The Bertz CT molecular complexity index is 846. The van der Waals surface area contributed by atoms with Crippen molar-refractivity contribution in [3.8, 4) is 16.9 Å². The molecule has 0 saturated heterocycles. The molecule has 0 spiro atoms. The van der Waals surface area contributed by atoms with E-state index in [0.717, 1.165) is 11.1 Å². The fourth-order valence-corrected chi connectivity index (χ4v) is 2.77. The minimum atomic E-state index is -0.167. The summed E-state index contributed by atoms with van der Waals surface area (Å²) in [5.41, 5.74) is 3.37. The molecular formula is C22H20ClNO2. The van der Waals surface area contributed by atoms with Gasteiger partial charge in [0.25, 0.3) is 5.91 Å². The molecule has 3 rings (SSSR count). The summed E-state index contributed by atoms with van der Waals surface area (Å²) < 4.78 is 5.47.